The summed E-state index contributed by atoms with van der Waals surface area (Å²) in [5.74, 6) is 0. The first-order valence-corrected chi connectivity index (χ1v) is 4.60. The minimum Gasteiger partial charge on any atom is -0.390 e. The number of hydrogen-bond donors (Lipinski definition) is 2. The fourth-order valence-electron chi connectivity index (χ4n) is 1.45. The van der Waals surface area contributed by atoms with Crippen molar-refractivity contribution in [1.29, 1.82) is 0 Å². The average molecular weight is 191 g/mol. The first kappa shape index (κ1) is 9.18. The van der Waals surface area contributed by atoms with Gasteiger partial charge >= 0.3 is 0 Å². The van der Waals surface area contributed by atoms with Crippen LogP contribution in [0.25, 0.3) is 10.9 Å². The molecule has 0 radical (unpaired) electrons. The van der Waals surface area contributed by atoms with E-state index in [1.807, 2.05) is 24.3 Å². The van der Waals surface area contributed by atoms with E-state index in [1.54, 1.807) is 10.9 Å². The summed E-state index contributed by atoms with van der Waals surface area (Å²) in [5, 5.41) is 14.7. The summed E-state index contributed by atoms with van der Waals surface area (Å²) in [6.07, 6.45) is 1.26. The van der Waals surface area contributed by atoms with E-state index in [4.69, 9.17) is 5.73 Å². The fourth-order valence-corrected chi connectivity index (χ4v) is 1.45. The lowest BCUT2D eigenvalue weighted by molar-refractivity contribution is 0.159. The van der Waals surface area contributed by atoms with Crippen LogP contribution in [0.5, 0.6) is 0 Å². The number of hydrogen-bond acceptors (Lipinski definition) is 3. The van der Waals surface area contributed by atoms with Gasteiger partial charge in [-0.25, -0.2) is 0 Å². The summed E-state index contributed by atoms with van der Waals surface area (Å²) in [4.78, 5) is 0. The van der Waals surface area contributed by atoms with Gasteiger partial charge in [0.05, 0.1) is 24.4 Å². The van der Waals surface area contributed by atoms with E-state index in [1.165, 1.54) is 0 Å². The zero-order valence-corrected chi connectivity index (χ0v) is 7.80. The highest BCUT2D eigenvalue weighted by Gasteiger charge is 2.06. The monoisotopic (exact) mass is 191 g/mol. The van der Waals surface area contributed by atoms with Crippen LogP contribution in [-0.4, -0.2) is 27.5 Å². The van der Waals surface area contributed by atoms with Gasteiger partial charge in [-0.3, -0.25) is 4.68 Å². The van der Waals surface area contributed by atoms with Gasteiger partial charge in [0.15, 0.2) is 0 Å². The second kappa shape index (κ2) is 3.77. The molecule has 2 rings (SSSR count). The van der Waals surface area contributed by atoms with Crippen LogP contribution in [0.3, 0.4) is 0 Å². The van der Waals surface area contributed by atoms with Gasteiger partial charge in [0, 0.05) is 11.9 Å². The number of nitrogens with two attached hydrogens (primary N) is 1. The number of fused-ring (bicyclic) bond motifs is 1. The Bertz CT molecular complexity index is 424. The summed E-state index contributed by atoms with van der Waals surface area (Å²) in [6, 6.07) is 7.89. The van der Waals surface area contributed by atoms with Crippen molar-refractivity contribution in [3.8, 4) is 0 Å². The van der Waals surface area contributed by atoms with Crippen molar-refractivity contribution < 1.29 is 5.11 Å². The Morgan fingerprint density at radius 1 is 1.43 bits per heavy atom. The van der Waals surface area contributed by atoms with Crippen LogP contribution in [0.15, 0.2) is 30.5 Å². The molecular formula is C10H13N3O. The molecule has 0 aliphatic carbocycles. The summed E-state index contributed by atoms with van der Waals surface area (Å²) >= 11 is 0. The Balaban J connectivity index is 2.33. The number of nitrogens with zero attached hydrogens (tertiary/aromatic N) is 2. The third kappa shape index (κ3) is 1.62. The van der Waals surface area contributed by atoms with Gasteiger partial charge in [0.1, 0.15) is 0 Å². The molecule has 0 aliphatic heterocycles. The Labute approximate surface area is 81.9 Å². The van der Waals surface area contributed by atoms with E-state index in [2.05, 4.69) is 5.10 Å². The maximum atomic E-state index is 9.40. The molecule has 74 valence electrons. The van der Waals surface area contributed by atoms with Crippen LogP contribution < -0.4 is 5.73 Å². The second-order valence-corrected chi connectivity index (χ2v) is 3.28. The number of rotatable bonds is 3. The van der Waals surface area contributed by atoms with Crippen LogP contribution in [0.2, 0.25) is 0 Å². The van der Waals surface area contributed by atoms with Crippen molar-refractivity contribution in [2.75, 3.05) is 6.54 Å². The predicted molar refractivity (Wildman–Crippen MR) is 54.8 cm³/mol. The number of aliphatic hydroxyl groups is 1. The molecule has 1 aromatic carbocycles. The maximum Gasteiger partial charge on any atom is 0.0858 e. The summed E-state index contributed by atoms with van der Waals surface area (Å²) in [7, 11) is 0. The molecule has 4 nitrogen and oxygen atoms in total. The third-order valence-corrected chi connectivity index (χ3v) is 2.21. The lowest BCUT2D eigenvalue weighted by Gasteiger charge is -2.08. The molecule has 14 heavy (non-hydrogen) atoms. The highest BCUT2D eigenvalue weighted by atomic mass is 16.3. The lowest BCUT2D eigenvalue weighted by Crippen LogP contribution is -2.25. The number of aromatic nitrogens is 2. The molecule has 0 aliphatic rings. The molecule has 3 N–H and O–H groups in total. The molecule has 0 amide bonds. The molecule has 1 heterocycles. The van der Waals surface area contributed by atoms with Gasteiger partial charge in [0.25, 0.3) is 0 Å². The Hall–Kier alpha value is -1.39. The normalized spacial score (nSPS) is 13.3. The quantitative estimate of drug-likeness (QED) is 0.736. The van der Waals surface area contributed by atoms with E-state index < -0.39 is 6.10 Å². The first-order valence-electron chi connectivity index (χ1n) is 4.60. The molecular weight excluding hydrogens is 178 g/mol. The van der Waals surface area contributed by atoms with E-state index >= 15 is 0 Å². The topological polar surface area (TPSA) is 64.1 Å². The molecule has 0 fully saturated rings. The van der Waals surface area contributed by atoms with Crippen LogP contribution >= 0.6 is 0 Å². The number of aliphatic hydroxyl groups excluding tert-OH is 1. The summed E-state index contributed by atoms with van der Waals surface area (Å²) in [5.41, 5.74) is 6.37. The Kier molecular flexibility index (Phi) is 2.47. The Morgan fingerprint density at radius 3 is 3.00 bits per heavy atom. The van der Waals surface area contributed by atoms with Crippen molar-refractivity contribution in [2.24, 2.45) is 5.73 Å². The van der Waals surface area contributed by atoms with Gasteiger partial charge in [-0.05, 0) is 6.07 Å². The van der Waals surface area contributed by atoms with Crippen LogP contribution in [0, 0.1) is 0 Å². The van der Waals surface area contributed by atoms with Gasteiger partial charge < -0.3 is 10.8 Å². The van der Waals surface area contributed by atoms with Crippen molar-refractivity contribution in [1.82, 2.24) is 9.78 Å². The molecule has 0 saturated carbocycles. The van der Waals surface area contributed by atoms with E-state index in [0.29, 0.717) is 6.54 Å². The molecule has 0 unspecified atom stereocenters. The molecule has 0 spiro atoms. The molecule has 0 bridgehead atoms. The highest BCUT2D eigenvalue weighted by Crippen LogP contribution is 2.12. The highest BCUT2D eigenvalue weighted by molar-refractivity contribution is 5.78. The van der Waals surface area contributed by atoms with Crippen molar-refractivity contribution in [3.63, 3.8) is 0 Å². The molecule has 1 aromatic heterocycles. The van der Waals surface area contributed by atoms with Crippen LogP contribution in [0.1, 0.15) is 0 Å². The Morgan fingerprint density at radius 2 is 2.21 bits per heavy atom. The largest absolute Gasteiger partial charge is 0.390 e. The van der Waals surface area contributed by atoms with Gasteiger partial charge in [-0.2, -0.15) is 5.10 Å². The summed E-state index contributed by atoms with van der Waals surface area (Å²) in [6.45, 7) is 0.707. The average Bonchev–Trinajstić information content (AvgIpc) is 2.62. The molecule has 0 saturated heterocycles. The van der Waals surface area contributed by atoms with Gasteiger partial charge in [-0.1, -0.05) is 18.2 Å². The molecule has 2 aromatic rings. The SMILES string of the molecule is NC[C@@H](O)Cn1ncc2ccccc21. The predicted octanol–water partition coefficient (Wildman–Crippen LogP) is 0.356. The fraction of sp³-hybridized carbons (Fsp3) is 0.300. The smallest absolute Gasteiger partial charge is 0.0858 e. The third-order valence-electron chi connectivity index (χ3n) is 2.21. The van der Waals surface area contributed by atoms with Crippen LogP contribution in [0.4, 0.5) is 0 Å². The second-order valence-electron chi connectivity index (χ2n) is 3.28. The van der Waals surface area contributed by atoms with Crippen molar-refractivity contribution in [3.05, 3.63) is 30.5 Å². The molecule has 4 heteroatoms. The maximum absolute atomic E-state index is 9.40. The van der Waals surface area contributed by atoms with E-state index in [0.717, 1.165) is 10.9 Å². The van der Waals surface area contributed by atoms with Crippen LogP contribution in [-0.2, 0) is 6.54 Å². The zero-order valence-electron chi connectivity index (χ0n) is 7.80. The number of para-hydroxylation sites is 1. The number of benzene rings is 1. The molecule has 1 atom stereocenters. The van der Waals surface area contributed by atoms with E-state index in [9.17, 15) is 5.11 Å². The summed E-state index contributed by atoms with van der Waals surface area (Å²) < 4.78 is 1.77. The van der Waals surface area contributed by atoms with Gasteiger partial charge in [-0.15, -0.1) is 0 Å². The van der Waals surface area contributed by atoms with Crippen molar-refractivity contribution >= 4 is 10.9 Å². The standard InChI is InChI=1S/C10H13N3O/c11-5-9(14)7-13-10-4-2-1-3-8(10)6-12-13/h1-4,6,9,14H,5,7,11H2/t9-/m1/s1. The lowest BCUT2D eigenvalue weighted by atomic mass is 10.2. The van der Waals surface area contributed by atoms with Gasteiger partial charge in [0.2, 0.25) is 0 Å². The first-order chi connectivity index (χ1) is 6.81. The van der Waals surface area contributed by atoms with Crippen molar-refractivity contribution in [2.45, 2.75) is 12.6 Å². The van der Waals surface area contributed by atoms with E-state index in [-0.39, 0.29) is 6.54 Å². The zero-order chi connectivity index (χ0) is 9.97. The minimum absolute atomic E-state index is 0.258. The minimum atomic E-state index is -0.529.